The van der Waals surface area contributed by atoms with Gasteiger partial charge in [-0.25, -0.2) is 5.43 Å². The fourth-order valence-corrected chi connectivity index (χ4v) is 1.92. The van der Waals surface area contributed by atoms with Crippen LogP contribution in [0.1, 0.15) is 28.8 Å². The summed E-state index contributed by atoms with van der Waals surface area (Å²) < 4.78 is 15.9. The van der Waals surface area contributed by atoms with E-state index < -0.39 is 0 Å². The smallest absolute Gasteiger partial charge is 0.271 e. The zero-order valence-corrected chi connectivity index (χ0v) is 11.7. The Hall–Kier alpha value is -2.76. The van der Waals surface area contributed by atoms with Gasteiger partial charge in [0.25, 0.3) is 5.91 Å². The lowest BCUT2D eigenvalue weighted by Crippen LogP contribution is -2.19. The zero-order valence-electron chi connectivity index (χ0n) is 11.7. The first kappa shape index (κ1) is 13.2. The molecular weight excluding hydrogens is 272 g/mol. The number of amides is 1. The van der Waals surface area contributed by atoms with Gasteiger partial charge in [-0.3, -0.25) is 4.79 Å². The fraction of sp³-hybridized carbons (Fsp3) is 0.200. The number of carbonyl (C=O) groups is 1. The van der Waals surface area contributed by atoms with Gasteiger partial charge in [0.05, 0.1) is 0 Å². The van der Waals surface area contributed by atoms with Crippen LogP contribution >= 0.6 is 0 Å². The molecule has 21 heavy (non-hydrogen) atoms. The van der Waals surface area contributed by atoms with Gasteiger partial charge in [0.1, 0.15) is 17.2 Å². The van der Waals surface area contributed by atoms with Crippen LogP contribution in [0.4, 0.5) is 0 Å². The number of nitrogens with one attached hydrogen (secondary N) is 1. The molecule has 1 aromatic heterocycles. The molecule has 1 N–H and O–H groups in total. The number of furan rings is 1. The van der Waals surface area contributed by atoms with Crippen LogP contribution < -0.4 is 14.9 Å². The molecule has 2 heterocycles. The van der Waals surface area contributed by atoms with Crippen LogP contribution in [-0.4, -0.2) is 18.4 Å². The molecule has 0 spiro atoms. The Bertz CT molecular complexity index is 718. The van der Waals surface area contributed by atoms with Crippen molar-refractivity contribution in [2.75, 3.05) is 6.79 Å². The maximum absolute atomic E-state index is 12.0. The van der Waals surface area contributed by atoms with Gasteiger partial charge in [-0.2, -0.15) is 5.10 Å². The molecule has 0 saturated carbocycles. The van der Waals surface area contributed by atoms with E-state index in [1.165, 1.54) is 0 Å². The zero-order chi connectivity index (χ0) is 14.8. The highest BCUT2D eigenvalue weighted by Crippen LogP contribution is 2.32. The molecule has 6 nitrogen and oxygen atoms in total. The average Bonchev–Trinajstić information content (AvgIpc) is 3.12. The van der Waals surface area contributed by atoms with Crippen LogP contribution in [0.2, 0.25) is 0 Å². The molecule has 1 aliphatic heterocycles. The summed E-state index contributed by atoms with van der Waals surface area (Å²) in [5, 5.41) is 4.03. The Morgan fingerprint density at radius 3 is 2.76 bits per heavy atom. The van der Waals surface area contributed by atoms with E-state index in [4.69, 9.17) is 13.9 Å². The summed E-state index contributed by atoms with van der Waals surface area (Å²) in [5.41, 5.74) is 3.54. The summed E-state index contributed by atoms with van der Waals surface area (Å²) in [6.07, 6.45) is 0. The number of carbonyl (C=O) groups excluding carboxylic acids is 1. The second kappa shape index (κ2) is 5.32. The summed E-state index contributed by atoms with van der Waals surface area (Å²) in [7, 11) is 0. The van der Waals surface area contributed by atoms with Gasteiger partial charge in [-0.1, -0.05) is 0 Å². The van der Waals surface area contributed by atoms with Crippen molar-refractivity contribution in [2.45, 2.75) is 13.8 Å². The van der Waals surface area contributed by atoms with Crippen molar-refractivity contribution in [1.82, 2.24) is 5.43 Å². The molecule has 1 aliphatic rings. The van der Waals surface area contributed by atoms with Crippen molar-refractivity contribution < 1.29 is 18.7 Å². The van der Waals surface area contributed by atoms with Gasteiger partial charge in [0, 0.05) is 5.56 Å². The third-order valence-corrected chi connectivity index (χ3v) is 3.06. The predicted molar refractivity (Wildman–Crippen MR) is 75.7 cm³/mol. The van der Waals surface area contributed by atoms with Crippen LogP contribution in [0.25, 0.3) is 0 Å². The molecule has 6 heteroatoms. The predicted octanol–water partition coefficient (Wildman–Crippen LogP) is 2.47. The third kappa shape index (κ3) is 2.74. The van der Waals surface area contributed by atoms with Gasteiger partial charge in [0.15, 0.2) is 11.5 Å². The van der Waals surface area contributed by atoms with E-state index in [0.717, 1.165) is 5.76 Å². The second-order valence-electron chi connectivity index (χ2n) is 4.62. The van der Waals surface area contributed by atoms with Crippen molar-refractivity contribution in [1.29, 1.82) is 0 Å². The molecule has 108 valence electrons. The minimum atomic E-state index is -0.323. The molecule has 0 saturated heterocycles. The van der Waals surface area contributed by atoms with Crippen molar-refractivity contribution in [2.24, 2.45) is 5.10 Å². The number of aryl methyl sites for hydroxylation is 1. The summed E-state index contributed by atoms with van der Waals surface area (Å²) >= 11 is 0. The van der Waals surface area contributed by atoms with Gasteiger partial charge >= 0.3 is 0 Å². The number of ether oxygens (including phenoxy) is 2. The van der Waals surface area contributed by atoms with Crippen molar-refractivity contribution in [3.63, 3.8) is 0 Å². The Morgan fingerprint density at radius 1 is 1.19 bits per heavy atom. The SMILES string of the molecule is C/C(=N/NC(=O)c1ccc2c(c1)OCO2)c1ccc(C)o1. The molecule has 1 amide bonds. The molecule has 2 aromatic rings. The van der Waals surface area contributed by atoms with Crippen LogP contribution in [0, 0.1) is 6.92 Å². The molecule has 0 radical (unpaired) electrons. The third-order valence-electron chi connectivity index (χ3n) is 3.06. The Labute approximate surface area is 121 Å². The first-order valence-electron chi connectivity index (χ1n) is 6.44. The Balaban J connectivity index is 1.71. The lowest BCUT2D eigenvalue weighted by molar-refractivity contribution is 0.0954. The van der Waals surface area contributed by atoms with E-state index in [0.29, 0.717) is 28.5 Å². The quantitative estimate of drug-likeness (QED) is 0.695. The Kier molecular flexibility index (Phi) is 3.35. The molecule has 0 aliphatic carbocycles. The number of hydrogen-bond acceptors (Lipinski definition) is 5. The van der Waals surface area contributed by atoms with Crippen molar-refractivity contribution in [3.05, 3.63) is 47.4 Å². The topological polar surface area (TPSA) is 73.1 Å². The van der Waals surface area contributed by atoms with E-state index in [1.807, 2.05) is 13.0 Å². The molecular formula is C15H14N2O4. The average molecular weight is 286 g/mol. The molecule has 3 rings (SSSR count). The van der Waals surface area contributed by atoms with Gasteiger partial charge in [0.2, 0.25) is 6.79 Å². The number of rotatable bonds is 3. The summed E-state index contributed by atoms with van der Waals surface area (Å²) in [6, 6.07) is 8.63. The largest absolute Gasteiger partial charge is 0.460 e. The summed E-state index contributed by atoms with van der Waals surface area (Å²) in [4.78, 5) is 12.0. The normalized spacial score (nSPS) is 13.3. The highest BCUT2D eigenvalue weighted by atomic mass is 16.7. The molecule has 0 unspecified atom stereocenters. The monoisotopic (exact) mass is 286 g/mol. The summed E-state index contributed by atoms with van der Waals surface area (Å²) in [5.74, 6) is 2.29. The van der Waals surface area contributed by atoms with E-state index >= 15 is 0 Å². The maximum atomic E-state index is 12.0. The number of hydrogen-bond donors (Lipinski definition) is 1. The molecule has 0 fully saturated rings. The minimum absolute atomic E-state index is 0.176. The maximum Gasteiger partial charge on any atom is 0.271 e. The molecule has 1 aromatic carbocycles. The van der Waals surface area contributed by atoms with Crippen LogP contribution in [-0.2, 0) is 0 Å². The first-order chi connectivity index (χ1) is 10.1. The Morgan fingerprint density at radius 2 is 2.00 bits per heavy atom. The highest BCUT2D eigenvalue weighted by molar-refractivity contribution is 5.99. The van der Waals surface area contributed by atoms with Crippen LogP contribution in [0.5, 0.6) is 11.5 Å². The number of nitrogens with zero attached hydrogens (tertiary/aromatic N) is 1. The van der Waals surface area contributed by atoms with Gasteiger partial charge < -0.3 is 13.9 Å². The summed E-state index contributed by atoms with van der Waals surface area (Å²) in [6.45, 7) is 3.79. The van der Waals surface area contributed by atoms with Crippen molar-refractivity contribution >= 4 is 11.6 Å². The standard InChI is InChI=1S/C15H14N2O4/c1-9-3-5-12(21-9)10(2)16-17-15(18)11-4-6-13-14(7-11)20-8-19-13/h3-7H,8H2,1-2H3,(H,17,18)/b16-10-. The minimum Gasteiger partial charge on any atom is -0.460 e. The van der Waals surface area contributed by atoms with Crippen LogP contribution in [0.15, 0.2) is 39.9 Å². The molecule has 0 bridgehead atoms. The van der Waals surface area contributed by atoms with E-state index in [9.17, 15) is 4.79 Å². The van der Waals surface area contributed by atoms with Crippen LogP contribution in [0.3, 0.4) is 0 Å². The lowest BCUT2D eigenvalue weighted by atomic mass is 10.2. The first-order valence-corrected chi connectivity index (χ1v) is 6.44. The second-order valence-corrected chi connectivity index (χ2v) is 4.62. The fourth-order valence-electron chi connectivity index (χ4n) is 1.92. The van der Waals surface area contributed by atoms with Gasteiger partial charge in [-0.05, 0) is 44.2 Å². The highest BCUT2D eigenvalue weighted by Gasteiger charge is 2.16. The van der Waals surface area contributed by atoms with E-state index in [-0.39, 0.29) is 12.7 Å². The van der Waals surface area contributed by atoms with Crippen molar-refractivity contribution in [3.8, 4) is 11.5 Å². The van der Waals surface area contributed by atoms with Gasteiger partial charge in [-0.15, -0.1) is 0 Å². The van der Waals surface area contributed by atoms with E-state index in [1.54, 1.807) is 31.2 Å². The van der Waals surface area contributed by atoms with E-state index in [2.05, 4.69) is 10.5 Å². The molecule has 0 atom stereocenters. The lowest BCUT2D eigenvalue weighted by Gasteiger charge is -2.02. The number of hydrazone groups is 1. The number of fused-ring (bicyclic) bond motifs is 1. The number of benzene rings is 1.